The molecule has 1 atom stereocenters. The van der Waals surface area contributed by atoms with E-state index in [0.717, 1.165) is 38.5 Å². The smallest absolute Gasteiger partial charge is 0.127 e. The lowest BCUT2D eigenvalue weighted by Gasteiger charge is -2.22. The standard InChI is InChI=1S/C20H28N4O/c1-22(2)20-9-8-18(12-21-20)14-24-11-10-23(15-19(25)16-24)13-17-6-4-3-5-7-17/h3-9,12,19,25H,10-11,13-16H2,1-2H3/t19-/m1/s1. The van der Waals surface area contributed by atoms with Crippen LogP contribution in [0.5, 0.6) is 0 Å². The van der Waals surface area contributed by atoms with Gasteiger partial charge >= 0.3 is 0 Å². The summed E-state index contributed by atoms with van der Waals surface area (Å²) in [5, 5.41) is 10.4. The molecule has 2 heterocycles. The number of β-amino-alcohol motifs (C(OH)–C–C–N with tert-alkyl or cyclic N) is 1. The van der Waals surface area contributed by atoms with E-state index in [0.29, 0.717) is 6.54 Å². The summed E-state index contributed by atoms with van der Waals surface area (Å²) in [6.45, 7) is 5.08. The van der Waals surface area contributed by atoms with Crippen molar-refractivity contribution in [3.05, 3.63) is 59.8 Å². The molecule has 5 heteroatoms. The summed E-state index contributed by atoms with van der Waals surface area (Å²) in [5.74, 6) is 0.966. The Morgan fingerprint density at radius 2 is 1.60 bits per heavy atom. The van der Waals surface area contributed by atoms with Crippen molar-refractivity contribution >= 4 is 5.82 Å². The first-order valence-corrected chi connectivity index (χ1v) is 8.89. The van der Waals surface area contributed by atoms with Crippen LogP contribution >= 0.6 is 0 Å². The summed E-state index contributed by atoms with van der Waals surface area (Å²) >= 11 is 0. The second-order valence-corrected chi connectivity index (χ2v) is 7.03. The molecule has 0 spiro atoms. The van der Waals surface area contributed by atoms with Gasteiger partial charge in [-0.3, -0.25) is 9.80 Å². The van der Waals surface area contributed by atoms with Crippen molar-refractivity contribution in [1.29, 1.82) is 0 Å². The summed E-state index contributed by atoms with van der Waals surface area (Å²) in [6.07, 6.45) is 1.62. The molecule has 0 aliphatic carbocycles. The number of aromatic nitrogens is 1. The Bertz CT molecular complexity index is 645. The van der Waals surface area contributed by atoms with Crippen LogP contribution in [0.15, 0.2) is 48.7 Å². The van der Waals surface area contributed by atoms with Crippen LogP contribution in [0.25, 0.3) is 0 Å². The lowest BCUT2D eigenvalue weighted by atomic mass is 10.2. The number of anilines is 1. The number of pyridine rings is 1. The van der Waals surface area contributed by atoms with E-state index in [2.05, 4.69) is 45.1 Å². The summed E-state index contributed by atoms with van der Waals surface area (Å²) in [4.78, 5) is 11.1. The number of aliphatic hydroxyl groups is 1. The van der Waals surface area contributed by atoms with Crippen LogP contribution in [-0.4, -0.2) is 66.3 Å². The number of nitrogens with zero attached hydrogens (tertiary/aromatic N) is 4. The monoisotopic (exact) mass is 340 g/mol. The molecule has 134 valence electrons. The average molecular weight is 340 g/mol. The molecular formula is C20H28N4O. The average Bonchev–Trinajstić information content (AvgIpc) is 2.77. The molecule has 25 heavy (non-hydrogen) atoms. The third-order valence-electron chi connectivity index (χ3n) is 4.59. The molecule has 1 N–H and O–H groups in total. The van der Waals surface area contributed by atoms with Crippen molar-refractivity contribution in [2.24, 2.45) is 0 Å². The highest BCUT2D eigenvalue weighted by molar-refractivity contribution is 5.37. The van der Waals surface area contributed by atoms with Crippen LogP contribution in [0.1, 0.15) is 11.1 Å². The first kappa shape index (κ1) is 17.9. The van der Waals surface area contributed by atoms with E-state index in [9.17, 15) is 5.11 Å². The Hall–Kier alpha value is -1.95. The zero-order chi connectivity index (χ0) is 17.6. The third kappa shape index (κ3) is 5.26. The van der Waals surface area contributed by atoms with Gasteiger partial charge in [0.05, 0.1) is 6.10 Å². The lowest BCUT2D eigenvalue weighted by Crippen LogP contribution is -2.33. The maximum absolute atomic E-state index is 10.4. The molecule has 0 unspecified atom stereocenters. The summed E-state index contributed by atoms with van der Waals surface area (Å²) in [5.41, 5.74) is 2.49. The topological polar surface area (TPSA) is 42.8 Å². The number of hydrogen-bond acceptors (Lipinski definition) is 5. The van der Waals surface area contributed by atoms with E-state index in [-0.39, 0.29) is 6.10 Å². The van der Waals surface area contributed by atoms with Gasteiger partial charge in [0.2, 0.25) is 0 Å². The van der Waals surface area contributed by atoms with Gasteiger partial charge in [-0.25, -0.2) is 4.98 Å². The third-order valence-corrected chi connectivity index (χ3v) is 4.59. The molecule has 0 amide bonds. The van der Waals surface area contributed by atoms with Gasteiger partial charge < -0.3 is 10.0 Å². The van der Waals surface area contributed by atoms with Gasteiger partial charge in [-0.15, -0.1) is 0 Å². The van der Waals surface area contributed by atoms with Crippen LogP contribution in [0.3, 0.4) is 0 Å². The highest BCUT2D eigenvalue weighted by Gasteiger charge is 2.21. The first-order valence-electron chi connectivity index (χ1n) is 8.89. The van der Waals surface area contributed by atoms with E-state index >= 15 is 0 Å². The van der Waals surface area contributed by atoms with Crippen molar-refractivity contribution in [1.82, 2.24) is 14.8 Å². The molecule has 5 nitrogen and oxygen atoms in total. The molecule has 1 fully saturated rings. The molecule has 3 rings (SSSR count). The van der Waals surface area contributed by atoms with Crippen molar-refractivity contribution in [3.63, 3.8) is 0 Å². The van der Waals surface area contributed by atoms with Crippen LogP contribution in [0.2, 0.25) is 0 Å². The summed E-state index contributed by atoms with van der Waals surface area (Å²) in [7, 11) is 3.99. The SMILES string of the molecule is CN(C)c1ccc(CN2CCN(Cc3ccccc3)C[C@@H](O)C2)cn1. The highest BCUT2D eigenvalue weighted by atomic mass is 16.3. The molecule has 0 saturated carbocycles. The van der Waals surface area contributed by atoms with Gasteiger partial charge in [0.15, 0.2) is 0 Å². The normalized spacial score (nSPS) is 19.6. The first-order chi connectivity index (χ1) is 12.1. The Morgan fingerprint density at radius 3 is 2.16 bits per heavy atom. The maximum atomic E-state index is 10.4. The van der Waals surface area contributed by atoms with E-state index < -0.39 is 0 Å². The van der Waals surface area contributed by atoms with Crippen molar-refractivity contribution in [3.8, 4) is 0 Å². The summed E-state index contributed by atoms with van der Waals surface area (Å²) < 4.78 is 0. The van der Waals surface area contributed by atoms with E-state index in [4.69, 9.17) is 0 Å². The van der Waals surface area contributed by atoms with Crippen molar-refractivity contribution in [2.75, 3.05) is 45.2 Å². The molecule has 1 aliphatic rings. The van der Waals surface area contributed by atoms with E-state index in [1.807, 2.05) is 37.3 Å². The van der Waals surface area contributed by atoms with E-state index in [1.54, 1.807) is 0 Å². The number of aliphatic hydroxyl groups excluding tert-OH is 1. The van der Waals surface area contributed by atoms with Gasteiger partial charge in [0.25, 0.3) is 0 Å². The summed E-state index contributed by atoms with van der Waals surface area (Å²) in [6, 6.07) is 14.6. The van der Waals surface area contributed by atoms with Crippen LogP contribution < -0.4 is 4.90 Å². The fraction of sp³-hybridized carbons (Fsp3) is 0.450. The molecular weight excluding hydrogens is 312 g/mol. The molecule has 1 aromatic heterocycles. The number of hydrogen-bond donors (Lipinski definition) is 1. The van der Waals surface area contributed by atoms with Gasteiger partial charge in [-0.2, -0.15) is 0 Å². The quantitative estimate of drug-likeness (QED) is 0.899. The fourth-order valence-corrected chi connectivity index (χ4v) is 3.28. The zero-order valence-electron chi connectivity index (χ0n) is 15.2. The molecule has 0 radical (unpaired) electrons. The Labute approximate surface area is 150 Å². The number of benzene rings is 1. The Kier molecular flexibility index (Phi) is 6.02. The van der Waals surface area contributed by atoms with Gasteiger partial charge in [0.1, 0.15) is 5.82 Å². The second kappa shape index (κ2) is 8.43. The lowest BCUT2D eigenvalue weighted by molar-refractivity contribution is 0.106. The molecule has 2 aromatic rings. The largest absolute Gasteiger partial charge is 0.390 e. The van der Waals surface area contributed by atoms with Crippen molar-refractivity contribution in [2.45, 2.75) is 19.2 Å². The molecule has 1 aliphatic heterocycles. The minimum atomic E-state index is -0.319. The Morgan fingerprint density at radius 1 is 0.960 bits per heavy atom. The predicted octanol–water partition coefficient (Wildman–Crippen LogP) is 1.83. The molecule has 1 aromatic carbocycles. The molecule has 1 saturated heterocycles. The van der Waals surface area contributed by atoms with Crippen LogP contribution in [0.4, 0.5) is 5.82 Å². The zero-order valence-corrected chi connectivity index (χ0v) is 15.2. The van der Waals surface area contributed by atoms with Crippen molar-refractivity contribution < 1.29 is 5.11 Å². The molecule has 0 bridgehead atoms. The van der Waals surface area contributed by atoms with Crippen LogP contribution in [-0.2, 0) is 13.1 Å². The Balaban J connectivity index is 1.57. The van der Waals surface area contributed by atoms with Gasteiger partial charge in [-0.05, 0) is 17.2 Å². The highest BCUT2D eigenvalue weighted by Crippen LogP contribution is 2.13. The van der Waals surface area contributed by atoms with Gasteiger partial charge in [-0.1, -0.05) is 36.4 Å². The minimum Gasteiger partial charge on any atom is -0.390 e. The van der Waals surface area contributed by atoms with Gasteiger partial charge in [0, 0.05) is 59.6 Å². The minimum absolute atomic E-state index is 0.319. The van der Waals surface area contributed by atoms with E-state index in [1.165, 1.54) is 11.1 Å². The van der Waals surface area contributed by atoms with Crippen LogP contribution in [0, 0.1) is 0 Å². The predicted molar refractivity (Wildman–Crippen MR) is 102 cm³/mol. The maximum Gasteiger partial charge on any atom is 0.127 e. The fourth-order valence-electron chi connectivity index (χ4n) is 3.28. The number of rotatable bonds is 5. The second-order valence-electron chi connectivity index (χ2n) is 7.03.